The molecule has 0 fully saturated rings. The van der Waals surface area contributed by atoms with Gasteiger partial charge in [-0.25, -0.2) is 0 Å². The molecule has 1 aromatic rings. The Kier molecular flexibility index (Phi) is 8.76. The standard InChI is InChI=1S/C14H22N2O3.ClH/c1-11-5-6-12(13(9-11)18-4)19-10-14(17)16(3)8-7-15-2;/h5-6,9,15H,7-8,10H2,1-4H3;1H. The van der Waals surface area contributed by atoms with E-state index in [1.807, 2.05) is 32.2 Å². The molecule has 114 valence electrons. The molecule has 0 aromatic heterocycles. The zero-order valence-electron chi connectivity index (χ0n) is 12.4. The number of hydrogen-bond acceptors (Lipinski definition) is 4. The van der Waals surface area contributed by atoms with E-state index in [0.29, 0.717) is 18.0 Å². The molecule has 5 nitrogen and oxygen atoms in total. The maximum Gasteiger partial charge on any atom is 0.260 e. The maximum absolute atomic E-state index is 11.8. The molecule has 0 saturated carbocycles. The number of likely N-dealkylation sites (N-methyl/N-ethyl adjacent to an activating group) is 2. The molecule has 6 heteroatoms. The lowest BCUT2D eigenvalue weighted by atomic mass is 10.2. The summed E-state index contributed by atoms with van der Waals surface area (Å²) in [5, 5.41) is 3.00. The Morgan fingerprint density at radius 3 is 2.65 bits per heavy atom. The summed E-state index contributed by atoms with van der Waals surface area (Å²) in [5.41, 5.74) is 1.08. The zero-order valence-corrected chi connectivity index (χ0v) is 13.3. The van der Waals surface area contributed by atoms with Crippen LogP contribution in [0.4, 0.5) is 0 Å². The molecule has 20 heavy (non-hydrogen) atoms. The molecule has 0 radical (unpaired) electrons. The molecule has 0 atom stereocenters. The van der Waals surface area contributed by atoms with Gasteiger partial charge in [-0.05, 0) is 31.7 Å². The number of hydrogen-bond donors (Lipinski definition) is 1. The Labute approximate surface area is 126 Å². The smallest absolute Gasteiger partial charge is 0.260 e. The summed E-state index contributed by atoms with van der Waals surface area (Å²) in [5.74, 6) is 1.17. The lowest BCUT2D eigenvalue weighted by Gasteiger charge is -2.18. The second kappa shape index (κ2) is 9.44. The van der Waals surface area contributed by atoms with Crippen molar-refractivity contribution in [2.75, 3.05) is 40.9 Å². The summed E-state index contributed by atoms with van der Waals surface area (Å²) in [4.78, 5) is 13.5. The van der Waals surface area contributed by atoms with Gasteiger partial charge in [-0.1, -0.05) is 6.07 Å². The van der Waals surface area contributed by atoms with Crippen LogP contribution in [0.1, 0.15) is 5.56 Å². The van der Waals surface area contributed by atoms with Crippen LogP contribution in [0.25, 0.3) is 0 Å². The Balaban J connectivity index is 0.00000361. The molecule has 0 saturated heterocycles. The number of methoxy groups -OCH3 is 1. The second-order valence-electron chi connectivity index (χ2n) is 4.36. The normalized spacial score (nSPS) is 9.60. The SMILES string of the molecule is CNCCN(C)C(=O)COc1ccc(C)cc1OC.Cl. The molecule has 1 N–H and O–H groups in total. The lowest BCUT2D eigenvalue weighted by Crippen LogP contribution is -2.35. The van der Waals surface area contributed by atoms with E-state index in [9.17, 15) is 4.79 Å². The number of benzene rings is 1. The number of ether oxygens (including phenoxy) is 2. The summed E-state index contributed by atoms with van der Waals surface area (Å²) in [6.45, 7) is 3.41. The molecule has 1 aromatic carbocycles. The van der Waals surface area contributed by atoms with Gasteiger partial charge in [0.25, 0.3) is 5.91 Å². The number of carbonyl (C=O) groups is 1. The number of halogens is 1. The largest absolute Gasteiger partial charge is 0.493 e. The monoisotopic (exact) mass is 302 g/mol. The molecule has 1 amide bonds. The van der Waals surface area contributed by atoms with Crippen LogP contribution < -0.4 is 14.8 Å². The van der Waals surface area contributed by atoms with Crippen molar-refractivity contribution in [2.45, 2.75) is 6.92 Å². The van der Waals surface area contributed by atoms with E-state index in [1.165, 1.54) is 0 Å². The fourth-order valence-corrected chi connectivity index (χ4v) is 1.55. The van der Waals surface area contributed by atoms with Crippen molar-refractivity contribution in [1.82, 2.24) is 10.2 Å². The molecule has 0 unspecified atom stereocenters. The van der Waals surface area contributed by atoms with E-state index in [0.717, 1.165) is 12.1 Å². The first-order valence-electron chi connectivity index (χ1n) is 6.24. The quantitative estimate of drug-likeness (QED) is 0.829. The van der Waals surface area contributed by atoms with Crippen LogP contribution in [0, 0.1) is 6.92 Å². The first-order chi connectivity index (χ1) is 9.08. The number of rotatable bonds is 7. The zero-order chi connectivity index (χ0) is 14.3. The predicted octanol–water partition coefficient (Wildman–Crippen LogP) is 1.48. The van der Waals surface area contributed by atoms with Gasteiger partial charge < -0.3 is 19.7 Å². The highest BCUT2D eigenvalue weighted by Crippen LogP contribution is 2.27. The third kappa shape index (κ3) is 5.67. The van der Waals surface area contributed by atoms with Crippen molar-refractivity contribution >= 4 is 18.3 Å². The Bertz CT molecular complexity index is 427. The van der Waals surface area contributed by atoms with Crippen LogP contribution in [0.3, 0.4) is 0 Å². The van der Waals surface area contributed by atoms with Crippen molar-refractivity contribution in [1.29, 1.82) is 0 Å². The van der Waals surface area contributed by atoms with Gasteiger partial charge in [0.15, 0.2) is 18.1 Å². The number of carbonyl (C=O) groups excluding carboxylic acids is 1. The Morgan fingerprint density at radius 1 is 1.35 bits per heavy atom. The summed E-state index contributed by atoms with van der Waals surface area (Å²) in [6.07, 6.45) is 0. The van der Waals surface area contributed by atoms with E-state index in [2.05, 4.69) is 5.32 Å². The van der Waals surface area contributed by atoms with Crippen molar-refractivity contribution < 1.29 is 14.3 Å². The predicted molar refractivity (Wildman–Crippen MR) is 82.0 cm³/mol. The van der Waals surface area contributed by atoms with E-state index in [1.54, 1.807) is 19.1 Å². The molecular weight excluding hydrogens is 280 g/mol. The summed E-state index contributed by atoms with van der Waals surface area (Å²) < 4.78 is 10.7. The first-order valence-corrected chi connectivity index (χ1v) is 6.24. The summed E-state index contributed by atoms with van der Waals surface area (Å²) in [6, 6.07) is 5.62. The highest BCUT2D eigenvalue weighted by molar-refractivity contribution is 5.85. The Morgan fingerprint density at radius 2 is 2.05 bits per heavy atom. The minimum absolute atomic E-state index is 0. The topological polar surface area (TPSA) is 50.8 Å². The van der Waals surface area contributed by atoms with Crippen LogP contribution in [0.15, 0.2) is 18.2 Å². The van der Waals surface area contributed by atoms with Crippen LogP contribution >= 0.6 is 12.4 Å². The molecule has 0 aliphatic heterocycles. The van der Waals surface area contributed by atoms with Crippen molar-refractivity contribution in [2.24, 2.45) is 0 Å². The number of nitrogens with one attached hydrogen (secondary N) is 1. The van der Waals surface area contributed by atoms with E-state index in [4.69, 9.17) is 9.47 Å². The van der Waals surface area contributed by atoms with Gasteiger partial charge in [0.2, 0.25) is 0 Å². The average molecular weight is 303 g/mol. The minimum Gasteiger partial charge on any atom is -0.493 e. The molecule has 0 aliphatic carbocycles. The summed E-state index contributed by atoms with van der Waals surface area (Å²) >= 11 is 0. The van der Waals surface area contributed by atoms with Crippen LogP contribution in [-0.4, -0.2) is 51.7 Å². The third-order valence-corrected chi connectivity index (χ3v) is 2.79. The fraction of sp³-hybridized carbons (Fsp3) is 0.500. The van der Waals surface area contributed by atoms with E-state index in [-0.39, 0.29) is 24.9 Å². The third-order valence-electron chi connectivity index (χ3n) is 2.79. The number of amides is 1. The molecule has 0 heterocycles. The van der Waals surface area contributed by atoms with Crippen molar-refractivity contribution in [3.8, 4) is 11.5 Å². The van der Waals surface area contributed by atoms with Crippen molar-refractivity contribution in [3.05, 3.63) is 23.8 Å². The molecule has 1 rings (SSSR count). The van der Waals surface area contributed by atoms with E-state index < -0.39 is 0 Å². The highest BCUT2D eigenvalue weighted by atomic mass is 35.5. The van der Waals surface area contributed by atoms with Crippen LogP contribution in [-0.2, 0) is 4.79 Å². The average Bonchev–Trinajstić information content (AvgIpc) is 2.42. The number of aryl methyl sites for hydroxylation is 1. The lowest BCUT2D eigenvalue weighted by molar-refractivity contribution is -0.132. The maximum atomic E-state index is 11.8. The highest BCUT2D eigenvalue weighted by Gasteiger charge is 2.11. The molecule has 0 bridgehead atoms. The Hall–Kier alpha value is -1.46. The van der Waals surface area contributed by atoms with Gasteiger partial charge in [-0.15, -0.1) is 12.4 Å². The van der Waals surface area contributed by atoms with Crippen molar-refractivity contribution in [3.63, 3.8) is 0 Å². The number of nitrogens with zero attached hydrogens (tertiary/aromatic N) is 1. The van der Waals surface area contributed by atoms with Gasteiger partial charge in [-0.3, -0.25) is 4.79 Å². The molecule has 0 aliphatic rings. The van der Waals surface area contributed by atoms with Crippen LogP contribution in [0.5, 0.6) is 11.5 Å². The first kappa shape index (κ1) is 18.5. The van der Waals surface area contributed by atoms with Gasteiger partial charge in [0, 0.05) is 20.1 Å². The van der Waals surface area contributed by atoms with Gasteiger partial charge in [-0.2, -0.15) is 0 Å². The van der Waals surface area contributed by atoms with E-state index >= 15 is 0 Å². The fourth-order valence-electron chi connectivity index (χ4n) is 1.55. The second-order valence-corrected chi connectivity index (χ2v) is 4.36. The summed E-state index contributed by atoms with van der Waals surface area (Å²) in [7, 11) is 5.20. The molecular formula is C14H23ClN2O3. The minimum atomic E-state index is -0.0575. The molecule has 0 spiro atoms. The van der Waals surface area contributed by atoms with Gasteiger partial charge >= 0.3 is 0 Å². The van der Waals surface area contributed by atoms with Crippen LogP contribution in [0.2, 0.25) is 0 Å². The van der Waals surface area contributed by atoms with Gasteiger partial charge in [0.1, 0.15) is 0 Å². The van der Waals surface area contributed by atoms with Gasteiger partial charge in [0.05, 0.1) is 7.11 Å².